The first kappa shape index (κ1) is 15.9. The van der Waals surface area contributed by atoms with E-state index in [0.717, 1.165) is 25.0 Å². The lowest BCUT2D eigenvalue weighted by atomic mass is 9.50. The van der Waals surface area contributed by atoms with Crippen LogP contribution in [0.1, 0.15) is 54.7 Å². The molecule has 2 aromatic rings. The molecule has 0 radical (unpaired) electrons. The monoisotopic (exact) mass is 354 g/mol. The Labute approximate surface area is 151 Å². The van der Waals surface area contributed by atoms with E-state index in [-0.39, 0.29) is 16.8 Å². The minimum atomic E-state index is -0.988. The lowest BCUT2D eigenvalue weighted by molar-refractivity contribution is -0.0854. The second-order valence-electron chi connectivity index (χ2n) is 8.36. The molecular weight excluding hydrogens is 332 g/mol. The van der Waals surface area contributed by atoms with Crippen molar-refractivity contribution in [1.29, 1.82) is 0 Å². The van der Waals surface area contributed by atoms with Crippen molar-refractivity contribution in [3.05, 3.63) is 35.9 Å². The molecule has 4 aliphatic carbocycles. The highest BCUT2D eigenvalue weighted by molar-refractivity contribution is 5.85. The van der Waals surface area contributed by atoms with Gasteiger partial charge in [-0.1, -0.05) is 6.07 Å². The third kappa shape index (κ3) is 2.51. The molecule has 2 aromatic heterocycles. The molecule has 8 heteroatoms. The van der Waals surface area contributed by atoms with Crippen LogP contribution in [0.4, 0.5) is 0 Å². The second kappa shape index (κ2) is 5.57. The summed E-state index contributed by atoms with van der Waals surface area (Å²) in [6, 6.07) is 5.17. The zero-order valence-corrected chi connectivity index (χ0v) is 14.5. The molecule has 4 fully saturated rings. The highest BCUT2D eigenvalue weighted by Crippen LogP contribution is 2.60. The Bertz CT molecular complexity index is 822. The standard InChI is InChI=1S/C18H22N6O2/c25-16(26)15-3-1-2-14(22-15)9-19-17-5-12-4-13(6-17)8-18(7-12,10-17)24-21-11-20-23-24/h1-3,11-13,19H,4-10H2,(H,25,26). The van der Waals surface area contributed by atoms with Gasteiger partial charge < -0.3 is 10.4 Å². The molecule has 2 N–H and O–H groups in total. The van der Waals surface area contributed by atoms with Gasteiger partial charge in [0.2, 0.25) is 0 Å². The third-order valence-electron chi connectivity index (χ3n) is 6.47. The Balaban J connectivity index is 1.39. The van der Waals surface area contributed by atoms with Gasteiger partial charge in [-0.3, -0.25) is 0 Å². The van der Waals surface area contributed by atoms with E-state index in [1.165, 1.54) is 31.7 Å². The smallest absolute Gasteiger partial charge is 0.354 e. The number of carboxylic acids is 1. The van der Waals surface area contributed by atoms with Gasteiger partial charge in [0.15, 0.2) is 6.33 Å². The first-order chi connectivity index (χ1) is 12.6. The van der Waals surface area contributed by atoms with Crippen LogP contribution in [0.5, 0.6) is 0 Å². The van der Waals surface area contributed by atoms with Crippen LogP contribution in [0, 0.1) is 11.8 Å². The molecule has 0 aromatic carbocycles. The van der Waals surface area contributed by atoms with Crippen molar-refractivity contribution in [3.8, 4) is 0 Å². The maximum absolute atomic E-state index is 11.1. The molecule has 2 atom stereocenters. The van der Waals surface area contributed by atoms with E-state index in [1.807, 2.05) is 10.9 Å². The Kier molecular flexibility index (Phi) is 3.40. The number of nitrogens with one attached hydrogen (secondary N) is 1. The van der Waals surface area contributed by atoms with Gasteiger partial charge in [0, 0.05) is 12.1 Å². The lowest BCUT2D eigenvalue weighted by Crippen LogP contribution is -2.65. The van der Waals surface area contributed by atoms with Crippen LogP contribution in [0.25, 0.3) is 0 Å². The number of rotatable bonds is 5. The molecule has 4 bridgehead atoms. The Morgan fingerprint density at radius 1 is 1.27 bits per heavy atom. The molecule has 8 nitrogen and oxygen atoms in total. The summed E-state index contributed by atoms with van der Waals surface area (Å²) < 4.78 is 0. The van der Waals surface area contributed by atoms with E-state index in [0.29, 0.717) is 18.4 Å². The van der Waals surface area contributed by atoms with E-state index in [9.17, 15) is 4.79 Å². The maximum Gasteiger partial charge on any atom is 0.354 e. The largest absolute Gasteiger partial charge is 0.477 e. The van der Waals surface area contributed by atoms with Gasteiger partial charge in [0.1, 0.15) is 5.69 Å². The van der Waals surface area contributed by atoms with Crippen molar-refractivity contribution < 1.29 is 9.90 Å². The number of aromatic carboxylic acids is 1. The number of aromatic nitrogens is 5. The van der Waals surface area contributed by atoms with E-state index in [2.05, 4.69) is 25.7 Å². The quantitative estimate of drug-likeness (QED) is 0.840. The average Bonchev–Trinajstić information content (AvgIpc) is 3.15. The van der Waals surface area contributed by atoms with Gasteiger partial charge in [0.05, 0.1) is 11.2 Å². The molecule has 0 aliphatic heterocycles. The Hall–Kier alpha value is -2.35. The molecule has 136 valence electrons. The van der Waals surface area contributed by atoms with Gasteiger partial charge in [0.25, 0.3) is 0 Å². The summed E-state index contributed by atoms with van der Waals surface area (Å²) in [5.74, 6) is 0.388. The number of hydrogen-bond donors (Lipinski definition) is 2. The molecular formula is C18H22N6O2. The van der Waals surface area contributed by atoms with E-state index < -0.39 is 5.97 Å². The van der Waals surface area contributed by atoms with Crippen LogP contribution < -0.4 is 5.32 Å². The third-order valence-corrected chi connectivity index (χ3v) is 6.47. The van der Waals surface area contributed by atoms with Crippen molar-refractivity contribution in [3.63, 3.8) is 0 Å². The zero-order valence-electron chi connectivity index (χ0n) is 14.5. The molecule has 4 saturated carbocycles. The Morgan fingerprint density at radius 2 is 2.08 bits per heavy atom. The number of tetrazole rings is 1. The van der Waals surface area contributed by atoms with Crippen molar-refractivity contribution in [2.24, 2.45) is 11.8 Å². The number of nitrogens with zero attached hydrogens (tertiary/aromatic N) is 5. The fourth-order valence-corrected chi connectivity index (χ4v) is 6.01. The fourth-order valence-electron chi connectivity index (χ4n) is 6.01. The Morgan fingerprint density at radius 3 is 2.77 bits per heavy atom. The average molecular weight is 354 g/mol. The summed E-state index contributed by atoms with van der Waals surface area (Å²) in [5.41, 5.74) is 0.898. The highest BCUT2D eigenvalue weighted by Gasteiger charge is 2.59. The minimum Gasteiger partial charge on any atom is -0.477 e. The zero-order chi connectivity index (χ0) is 17.8. The molecule has 0 saturated heterocycles. The predicted octanol–water partition coefficient (Wildman–Crippen LogP) is 1.60. The van der Waals surface area contributed by atoms with Crippen LogP contribution in [0.3, 0.4) is 0 Å². The SMILES string of the molecule is O=C(O)c1cccc(CNC23CC4CC(C2)CC(n2ncnn2)(C4)C3)n1. The van der Waals surface area contributed by atoms with Crippen molar-refractivity contribution in [2.45, 2.75) is 56.1 Å². The first-order valence-electron chi connectivity index (χ1n) is 9.24. The fraction of sp³-hybridized carbons (Fsp3) is 0.611. The number of carbonyl (C=O) groups is 1. The summed E-state index contributed by atoms with van der Waals surface area (Å²) in [5, 5.41) is 25.4. The topological polar surface area (TPSA) is 106 Å². The molecule has 2 unspecified atom stereocenters. The van der Waals surface area contributed by atoms with Gasteiger partial charge in [-0.2, -0.15) is 4.80 Å². The van der Waals surface area contributed by atoms with Gasteiger partial charge in [-0.15, -0.1) is 10.2 Å². The summed E-state index contributed by atoms with van der Waals surface area (Å²) >= 11 is 0. The molecule has 0 spiro atoms. The predicted molar refractivity (Wildman–Crippen MR) is 91.2 cm³/mol. The molecule has 0 amide bonds. The lowest BCUT2D eigenvalue weighted by Gasteiger charge is -2.61. The van der Waals surface area contributed by atoms with Crippen LogP contribution >= 0.6 is 0 Å². The van der Waals surface area contributed by atoms with Crippen molar-refractivity contribution in [2.75, 3.05) is 0 Å². The molecule has 6 rings (SSSR count). The van der Waals surface area contributed by atoms with Crippen LogP contribution in [-0.4, -0.2) is 41.8 Å². The summed E-state index contributed by atoms with van der Waals surface area (Å²) in [4.78, 5) is 17.3. The maximum atomic E-state index is 11.1. The second-order valence-corrected chi connectivity index (χ2v) is 8.36. The van der Waals surface area contributed by atoms with Crippen molar-refractivity contribution in [1.82, 2.24) is 30.5 Å². The van der Waals surface area contributed by atoms with Crippen LogP contribution in [0.15, 0.2) is 24.5 Å². The van der Waals surface area contributed by atoms with E-state index in [4.69, 9.17) is 5.11 Å². The summed E-state index contributed by atoms with van der Waals surface area (Å²) in [6.07, 6.45) is 8.43. The molecule has 26 heavy (non-hydrogen) atoms. The van der Waals surface area contributed by atoms with E-state index in [1.54, 1.807) is 6.07 Å². The molecule has 2 heterocycles. The number of hydrogen-bond acceptors (Lipinski definition) is 6. The summed E-state index contributed by atoms with van der Waals surface area (Å²) in [7, 11) is 0. The number of pyridine rings is 1. The van der Waals surface area contributed by atoms with Crippen LogP contribution in [-0.2, 0) is 12.1 Å². The van der Waals surface area contributed by atoms with Gasteiger partial charge >= 0.3 is 5.97 Å². The number of carboxylic acid groups (broad SMARTS) is 1. The normalized spacial score (nSPS) is 34.9. The summed E-state index contributed by atoms with van der Waals surface area (Å²) in [6.45, 7) is 0.585. The van der Waals surface area contributed by atoms with Crippen LogP contribution in [0.2, 0.25) is 0 Å². The van der Waals surface area contributed by atoms with Gasteiger partial charge in [-0.05, 0) is 67.7 Å². The minimum absolute atomic E-state index is 0.0239. The molecule has 4 aliphatic rings. The first-order valence-corrected chi connectivity index (χ1v) is 9.24. The van der Waals surface area contributed by atoms with Gasteiger partial charge in [-0.25, -0.2) is 9.78 Å². The van der Waals surface area contributed by atoms with Crippen molar-refractivity contribution >= 4 is 5.97 Å². The van der Waals surface area contributed by atoms with E-state index >= 15 is 0 Å². The highest BCUT2D eigenvalue weighted by atomic mass is 16.4.